The molecule has 2 amide bonds. The summed E-state index contributed by atoms with van der Waals surface area (Å²) in [5.74, 6) is -0.0811. The molecule has 2 heterocycles. The lowest BCUT2D eigenvalue weighted by Gasteiger charge is -2.37. The van der Waals surface area contributed by atoms with Crippen molar-refractivity contribution in [3.63, 3.8) is 0 Å². The molecule has 4 aromatic rings. The lowest BCUT2D eigenvalue weighted by Crippen LogP contribution is -2.52. The van der Waals surface area contributed by atoms with Gasteiger partial charge in [-0.25, -0.2) is 4.39 Å². The minimum absolute atomic E-state index is 0.0721. The number of piperazine rings is 1. The molecule has 3 aromatic carbocycles. The maximum absolute atomic E-state index is 13.5. The Hall–Kier alpha value is -4.59. The van der Waals surface area contributed by atoms with Gasteiger partial charge in [-0.05, 0) is 55.8 Å². The predicted molar refractivity (Wildman–Crippen MR) is 153 cm³/mol. The summed E-state index contributed by atoms with van der Waals surface area (Å²) in [5.41, 5.74) is 4.29. The van der Waals surface area contributed by atoms with Gasteiger partial charge >= 0.3 is 0 Å². The molecule has 1 saturated heterocycles. The number of hydrogen-bond acceptors (Lipinski definition) is 5. The highest BCUT2D eigenvalue weighted by Crippen LogP contribution is 2.24. The Morgan fingerprint density at radius 1 is 0.850 bits per heavy atom. The third-order valence-electron chi connectivity index (χ3n) is 7.36. The number of carbonyl (C=O) groups excluding carboxylic acids is 2. The Labute approximate surface area is 233 Å². The molecule has 204 valence electrons. The van der Waals surface area contributed by atoms with Crippen molar-refractivity contribution in [3.05, 3.63) is 114 Å². The number of carbonyl (C=O) groups is 2. The summed E-state index contributed by atoms with van der Waals surface area (Å²) >= 11 is 0. The highest BCUT2D eigenvalue weighted by molar-refractivity contribution is 5.96. The molecule has 40 heavy (non-hydrogen) atoms. The number of benzene rings is 3. The molecule has 7 nitrogen and oxygen atoms in total. The van der Waals surface area contributed by atoms with Crippen LogP contribution in [0, 0.1) is 12.7 Å². The first-order chi connectivity index (χ1) is 19.4. The van der Waals surface area contributed by atoms with Gasteiger partial charge in [-0.1, -0.05) is 60.2 Å². The van der Waals surface area contributed by atoms with Gasteiger partial charge in [0.1, 0.15) is 12.4 Å². The number of aromatic nitrogens is 2. The van der Waals surface area contributed by atoms with E-state index < -0.39 is 5.82 Å². The van der Waals surface area contributed by atoms with Crippen LogP contribution < -0.4 is 4.90 Å². The van der Waals surface area contributed by atoms with Gasteiger partial charge in [0.2, 0.25) is 5.91 Å². The molecule has 0 bridgehead atoms. The van der Waals surface area contributed by atoms with Crippen LogP contribution in [0.5, 0.6) is 0 Å². The first kappa shape index (κ1) is 27.0. The second kappa shape index (κ2) is 12.1. The molecule has 1 aliphatic heterocycles. The summed E-state index contributed by atoms with van der Waals surface area (Å²) in [5, 5.41) is 8.84. The average molecular weight is 538 g/mol. The zero-order chi connectivity index (χ0) is 28.1. The van der Waals surface area contributed by atoms with E-state index in [9.17, 15) is 14.0 Å². The van der Waals surface area contributed by atoms with Gasteiger partial charge in [0, 0.05) is 37.3 Å². The van der Waals surface area contributed by atoms with Crippen molar-refractivity contribution >= 4 is 17.6 Å². The van der Waals surface area contributed by atoms with Crippen LogP contribution in [-0.2, 0) is 4.79 Å². The smallest absolute Gasteiger partial charge is 0.254 e. The second-order valence-electron chi connectivity index (χ2n) is 10.0. The quantitative estimate of drug-likeness (QED) is 0.326. The molecule has 0 spiro atoms. The molecular weight excluding hydrogens is 505 g/mol. The van der Waals surface area contributed by atoms with Crippen LogP contribution in [0.4, 0.5) is 10.2 Å². The zero-order valence-corrected chi connectivity index (χ0v) is 22.7. The van der Waals surface area contributed by atoms with Gasteiger partial charge in [-0.2, -0.15) is 0 Å². The molecule has 1 atom stereocenters. The van der Waals surface area contributed by atoms with Crippen LogP contribution in [0.25, 0.3) is 11.3 Å². The van der Waals surface area contributed by atoms with Crippen LogP contribution in [0.1, 0.15) is 34.5 Å². The second-order valence-corrected chi connectivity index (χ2v) is 10.0. The summed E-state index contributed by atoms with van der Waals surface area (Å²) in [6, 6.07) is 26.8. The van der Waals surface area contributed by atoms with E-state index in [0.717, 1.165) is 22.6 Å². The summed E-state index contributed by atoms with van der Waals surface area (Å²) < 4.78 is 13.5. The van der Waals surface area contributed by atoms with Crippen molar-refractivity contribution in [3.8, 4) is 11.3 Å². The first-order valence-corrected chi connectivity index (χ1v) is 13.4. The van der Waals surface area contributed by atoms with Crippen LogP contribution in [0.3, 0.4) is 0 Å². The Morgan fingerprint density at radius 2 is 1.52 bits per heavy atom. The van der Waals surface area contributed by atoms with Gasteiger partial charge < -0.3 is 14.7 Å². The Bertz CT molecular complexity index is 1440. The lowest BCUT2D eigenvalue weighted by atomic mass is 10.1. The number of hydrogen-bond donors (Lipinski definition) is 0. The van der Waals surface area contributed by atoms with E-state index in [1.807, 2.05) is 68.4 Å². The largest absolute Gasteiger partial charge is 0.352 e. The minimum atomic E-state index is -0.414. The number of halogens is 1. The summed E-state index contributed by atoms with van der Waals surface area (Å²) in [7, 11) is 0. The lowest BCUT2D eigenvalue weighted by molar-refractivity contribution is -0.132. The Balaban J connectivity index is 1.24. The number of nitrogens with zero attached hydrogens (tertiary/aromatic N) is 5. The number of aryl methyl sites for hydroxylation is 1. The molecule has 1 aliphatic rings. The van der Waals surface area contributed by atoms with Crippen LogP contribution in [0.15, 0.2) is 91.0 Å². The standard InChI is InChI=1S/C32H32FN5O2/c1-23-8-10-26(11-9-23)29-16-17-30(35-34-29)36-18-20-37(21-19-36)31(39)22-38(24(2)25-6-4-3-5-7-25)32(40)27-12-14-28(33)15-13-27/h3-17,24H,18-22H2,1-2H3/t24-/m1/s1. The number of amides is 2. The highest BCUT2D eigenvalue weighted by Gasteiger charge is 2.29. The van der Waals surface area contributed by atoms with Crippen LogP contribution >= 0.6 is 0 Å². The number of rotatable bonds is 7. The van der Waals surface area contributed by atoms with E-state index in [4.69, 9.17) is 0 Å². The van der Waals surface area contributed by atoms with E-state index in [0.29, 0.717) is 31.7 Å². The van der Waals surface area contributed by atoms with Gasteiger partial charge in [-0.3, -0.25) is 9.59 Å². The topological polar surface area (TPSA) is 69.6 Å². The normalized spacial score (nSPS) is 14.1. The third-order valence-corrected chi connectivity index (χ3v) is 7.36. The molecule has 0 unspecified atom stereocenters. The summed E-state index contributed by atoms with van der Waals surface area (Å²) in [6.45, 7) is 6.14. The van der Waals surface area contributed by atoms with Gasteiger partial charge in [0.25, 0.3) is 5.91 Å². The van der Waals surface area contributed by atoms with E-state index in [1.165, 1.54) is 29.8 Å². The third kappa shape index (κ3) is 6.17. The van der Waals surface area contributed by atoms with Crippen molar-refractivity contribution in [1.82, 2.24) is 20.0 Å². The van der Waals surface area contributed by atoms with Crippen LogP contribution in [0.2, 0.25) is 0 Å². The summed E-state index contributed by atoms with van der Waals surface area (Å²) in [4.78, 5) is 32.4. The van der Waals surface area contributed by atoms with E-state index in [-0.39, 0.29) is 24.4 Å². The van der Waals surface area contributed by atoms with Gasteiger partial charge in [0.05, 0.1) is 11.7 Å². The van der Waals surface area contributed by atoms with Crippen molar-refractivity contribution < 1.29 is 14.0 Å². The molecule has 0 N–H and O–H groups in total. The van der Waals surface area contributed by atoms with Crippen LogP contribution in [-0.4, -0.2) is 64.5 Å². The van der Waals surface area contributed by atoms with Crippen molar-refractivity contribution in [2.45, 2.75) is 19.9 Å². The Kier molecular flexibility index (Phi) is 8.15. The summed E-state index contributed by atoms with van der Waals surface area (Å²) in [6.07, 6.45) is 0. The fourth-order valence-corrected chi connectivity index (χ4v) is 4.86. The molecule has 0 aliphatic carbocycles. The van der Waals surface area contributed by atoms with E-state index in [1.54, 1.807) is 9.80 Å². The van der Waals surface area contributed by atoms with E-state index in [2.05, 4.69) is 27.2 Å². The van der Waals surface area contributed by atoms with Gasteiger partial charge in [0.15, 0.2) is 5.82 Å². The average Bonchev–Trinajstić information content (AvgIpc) is 3.00. The molecular formula is C32H32FN5O2. The maximum Gasteiger partial charge on any atom is 0.254 e. The zero-order valence-electron chi connectivity index (χ0n) is 22.7. The molecule has 0 saturated carbocycles. The minimum Gasteiger partial charge on any atom is -0.352 e. The first-order valence-electron chi connectivity index (χ1n) is 13.4. The Morgan fingerprint density at radius 3 is 2.15 bits per heavy atom. The fourth-order valence-electron chi connectivity index (χ4n) is 4.86. The monoisotopic (exact) mass is 537 g/mol. The maximum atomic E-state index is 13.5. The van der Waals surface area contributed by atoms with Crippen molar-refractivity contribution in [1.29, 1.82) is 0 Å². The SMILES string of the molecule is Cc1ccc(-c2ccc(N3CCN(C(=O)CN(C(=O)c4ccc(F)cc4)[C@H](C)c4ccccc4)CC3)nn2)cc1. The molecule has 8 heteroatoms. The van der Waals surface area contributed by atoms with Crippen molar-refractivity contribution in [2.24, 2.45) is 0 Å². The van der Waals surface area contributed by atoms with Gasteiger partial charge in [-0.15, -0.1) is 10.2 Å². The molecule has 1 fully saturated rings. The fraction of sp³-hybridized carbons (Fsp3) is 0.250. The molecule has 0 radical (unpaired) electrons. The van der Waals surface area contributed by atoms with E-state index >= 15 is 0 Å². The molecule has 1 aromatic heterocycles. The molecule has 5 rings (SSSR count). The number of anilines is 1. The van der Waals surface area contributed by atoms with Crippen molar-refractivity contribution in [2.75, 3.05) is 37.6 Å². The predicted octanol–water partition coefficient (Wildman–Crippen LogP) is 5.14. The highest BCUT2D eigenvalue weighted by atomic mass is 19.1.